The number of rotatable bonds is 5. The van der Waals surface area contributed by atoms with E-state index < -0.39 is 28.3 Å². The van der Waals surface area contributed by atoms with Gasteiger partial charge in [0.2, 0.25) is 0 Å². The molecule has 2 aliphatic heterocycles. The SMILES string of the molecule is O=C(c1cc(F)ccc1F)C1CCN(C(=O)c2cc([N+](=O)[O-])ccc2N2CCOCC2)CC1. The molecule has 8 nitrogen and oxygen atoms in total. The Bertz CT molecular complexity index is 1080. The number of nitrogens with zero attached hydrogens (tertiary/aromatic N) is 3. The monoisotopic (exact) mass is 459 g/mol. The second kappa shape index (κ2) is 9.62. The van der Waals surface area contributed by atoms with Gasteiger partial charge in [-0.1, -0.05) is 0 Å². The maximum absolute atomic E-state index is 14.0. The minimum atomic E-state index is -0.772. The van der Waals surface area contributed by atoms with E-state index in [2.05, 4.69) is 0 Å². The molecule has 10 heteroatoms. The molecule has 2 heterocycles. The summed E-state index contributed by atoms with van der Waals surface area (Å²) in [5.41, 5.74) is 0.371. The lowest BCUT2D eigenvalue weighted by Crippen LogP contribution is -2.42. The Labute approximate surface area is 188 Å². The second-order valence-corrected chi connectivity index (χ2v) is 8.11. The maximum atomic E-state index is 14.0. The van der Waals surface area contributed by atoms with E-state index in [1.54, 1.807) is 11.0 Å². The van der Waals surface area contributed by atoms with Gasteiger partial charge in [-0.05, 0) is 37.1 Å². The van der Waals surface area contributed by atoms with E-state index in [4.69, 9.17) is 4.74 Å². The van der Waals surface area contributed by atoms with Gasteiger partial charge in [-0.2, -0.15) is 0 Å². The van der Waals surface area contributed by atoms with Gasteiger partial charge in [0, 0.05) is 44.2 Å². The van der Waals surface area contributed by atoms with Crippen molar-refractivity contribution >= 4 is 23.1 Å². The number of piperidine rings is 1. The molecule has 2 aromatic rings. The fraction of sp³-hybridized carbons (Fsp3) is 0.391. The van der Waals surface area contributed by atoms with E-state index in [1.165, 1.54) is 12.1 Å². The van der Waals surface area contributed by atoms with Crippen molar-refractivity contribution in [3.8, 4) is 0 Å². The second-order valence-electron chi connectivity index (χ2n) is 8.11. The van der Waals surface area contributed by atoms with Crippen molar-refractivity contribution in [2.45, 2.75) is 12.8 Å². The molecule has 0 saturated carbocycles. The molecule has 1 amide bonds. The predicted octanol–water partition coefficient (Wildman–Crippen LogP) is 3.44. The highest BCUT2D eigenvalue weighted by Crippen LogP contribution is 2.30. The molecule has 4 rings (SSSR count). The number of anilines is 1. The van der Waals surface area contributed by atoms with Crippen LogP contribution in [0.15, 0.2) is 36.4 Å². The van der Waals surface area contributed by atoms with Crippen molar-refractivity contribution in [2.75, 3.05) is 44.3 Å². The average molecular weight is 459 g/mol. The standard InChI is InChI=1S/C23H23F2N3O5/c24-16-1-3-20(25)18(13-16)22(29)15-5-7-27(8-6-15)23(30)19-14-17(28(31)32)2-4-21(19)26-9-11-33-12-10-26/h1-4,13-15H,5-12H2. The fourth-order valence-corrected chi connectivity index (χ4v) is 4.31. The van der Waals surface area contributed by atoms with Crippen molar-refractivity contribution in [3.05, 3.63) is 69.3 Å². The van der Waals surface area contributed by atoms with Gasteiger partial charge >= 0.3 is 0 Å². The summed E-state index contributed by atoms with van der Waals surface area (Å²) < 4.78 is 32.8. The van der Waals surface area contributed by atoms with Gasteiger partial charge in [0.15, 0.2) is 5.78 Å². The number of nitro groups is 1. The number of ether oxygens (including phenoxy) is 1. The highest BCUT2D eigenvalue weighted by Gasteiger charge is 2.32. The summed E-state index contributed by atoms with van der Waals surface area (Å²) in [6, 6.07) is 7.02. The van der Waals surface area contributed by atoms with Gasteiger partial charge in [0.05, 0.1) is 35.0 Å². The molecule has 0 bridgehead atoms. The van der Waals surface area contributed by atoms with E-state index in [0.717, 1.165) is 18.2 Å². The van der Waals surface area contributed by atoms with Gasteiger partial charge in [-0.15, -0.1) is 0 Å². The summed E-state index contributed by atoms with van der Waals surface area (Å²) in [5.74, 6) is -2.83. The number of amides is 1. The third-order valence-corrected chi connectivity index (χ3v) is 6.12. The zero-order chi connectivity index (χ0) is 23.5. The molecule has 0 radical (unpaired) electrons. The first-order valence-electron chi connectivity index (χ1n) is 10.7. The van der Waals surface area contributed by atoms with E-state index >= 15 is 0 Å². The molecular weight excluding hydrogens is 436 g/mol. The lowest BCUT2D eigenvalue weighted by atomic mass is 9.88. The third kappa shape index (κ3) is 4.85. The molecule has 0 aliphatic carbocycles. The number of carbonyl (C=O) groups excluding carboxylic acids is 2. The third-order valence-electron chi connectivity index (χ3n) is 6.12. The highest BCUT2D eigenvalue weighted by atomic mass is 19.1. The molecule has 2 aromatic carbocycles. The van der Waals surface area contributed by atoms with Crippen LogP contribution in [-0.2, 0) is 4.74 Å². The molecule has 0 spiro atoms. The minimum absolute atomic E-state index is 0.179. The first-order valence-corrected chi connectivity index (χ1v) is 10.7. The first-order chi connectivity index (χ1) is 15.8. The Morgan fingerprint density at radius 3 is 2.33 bits per heavy atom. The molecule has 0 unspecified atom stereocenters. The number of halogens is 2. The summed E-state index contributed by atoms with van der Waals surface area (Å²) in [6.07, 6.45) is 0.588. The first kappa shape index (κ1) is 22.8. The summed E-state index contributed by atoms with van der Waals surface area (Å²) in [6.45, 7) is 2.58. The van der Waals surface area contributed by atoms with Crippen molar-refractivity contribution in [1.82, 2.24) is 4.90 Å². The number of morpholine rings is 1. The minimum Gasteiger partial charge on any atom is -0.378 e. The highest BCUT2D eigenvalue weighted by molar-refractivity contribution is 6.01. The van der Waals surface area contributed by atoms with Crippen LogP contribution in [0.2, 0.25) is 0 Å². The number of carbonyl (C=O) groups is 2. The molecule has 0 aromatic heterocycles. The topological polar surface area (TPSA) is 93.0 Å². The Balaban J connectivity index is 1.51. The van der Waals surface area contributed by atoms with Gasteiger partial charge in [0.1, 0.15) is 11.6 Å². The Morgan fingerprint density at radius 1 is 0.970 bits per heavy atom. The van der Waals surface area contributed by atoms with Crippen molar-refractivity contribution < 1.29 is 28.0 Å². The van der Waals surface area contributed by atoms with Crippen LogP contribution in [-0.4, -0.2) is 60.9 Å². The van der Waals surface area contributed by atoms with Gasteiger partial charge in [0.25, 0.3) is 11.6 Å². The largest absolute Gasteiger partial charge is 0.378 e. The van der Waals surface area contributed by atoms with E-state index in [9.17, 15) is 28.5 Å². The molecule has 33 heavy (non-hydrogen) atoms. The predicted molar refractivity (Wildman–Crippen MR) is 115 cm³/mol. The molecule has 2 saturated heterocycles. The Kier molecular flexibility index (Phi) is 6.64. The number of benzene rings is 2. The van der Waals surface area contributed by atoms with Crippen LogP contribution in [0.3, 0.4) is 0 Å². The van der Waals surface area contributed by atoms with Crippen LogP contribution in [0.4, 0.5) is 20.2 Å². The van der Waals surface area contributed by atoms with Gasteiger partial charge < -0.3 is 14.5 Å². The molecular formula is C23H23F2N3O5. The van der Waals surface area contributed by atoms with Crippen LogP contribution in [0, 0.1) is 27.7 Å². The van der Waals surface area contributed by atoms with Gasteiger partial charge in [-0.25, -0.2) is 8.78 Å². The molecule has 2 fully saturated rings. The quantitative estimate of drug-likeness (QED) is 0.386. The van der Waals surface area contributed by atoms with E-state index in [-0.39, 0.29) is 35.8 Å². The molecule has 0 atom stereocenters. The van der Waals surface area contributed by atoms with Crippen LogP contribution in [0.25, 0.3) is 0 Å². The average Bonchev–Trinajstić information content (AvgIpc) is 2.85. The van der Waals surface area contributed by atoms with E-state index in [1.807, 2.05) is 4.90 Å². The zero-order valence-corrected chi connectivity index (χ0v) is 17.8. The smallest absolute Gasteiger partial charge is 0.270 e. The molecule has 2 aliphatic rings. The molecule has 174 valence electrons. The Hall–Kier alpha value is -3.40. The van der Waals surface area contributed by atoms with Crippen molar-refractivity contribution in [3.63, 3.8) is 0 Å². The van der Waals surface area contributed by atoms with Gasteiger partial charge in [-0.3, -0.25) is 19.7 Å². The normalized spacial score (nSPS) is 17.2. The van der Waals surface area contributed by atoms with Crippen LogP contribution >= 0.6 is 0 Å². The number of nitro benzene ring substituents is 1. The number of ketones is 1. The van der Waals surface area contributed by atoms with Crippen molar-refractivity contribution in [1.29, 1.82) is 0 Å². The zero-order valence-electron chi connectivity index (χ0n) is 17.8. The summed E-state index contributed by atoms with van der Waals surface area (Å²) >= 11 is 0. The van der Waals surface area contributed by atoms with Crippen LogP contribution in [0.5, 0.6) is 0 Å². The fourth-order valence-electron chi connectivity index (χ4n) is 4.31. The van der Waals surface area contributed by atoms with Crippen LogP contribution in [0.1, 0.15) is 33.6 Å². The number of hydrogen-bond acceptors (Lipinski definition) is 6. The van der Waals surface area contributed by atoms with E-state index in [0.29, 0.717) is 44.8 Å². The number of likely N-dealkylation sites (tertiary alicyclic amines) is 1. The summed E-state index contributed by atoms with van der Waals surface area (Å²) in [4.78, 5) is 40.3. The molecule has 0 N–H and O–H groups in total. The maximum Gasteiger partial charge on any atom is 0.270 e. The lowest BCUT2D eigenvalue weighted by molar-refractivity contribution is -0.384. The number of hydrogen-bond donors (Lipinski definition) is 0. The lowest BCUT2D eigenvalue weighted by Gasteiger charge is -2.34. The summed E-state index contributed by atoms with van der Waals surface area (Å²) in [5, 5.41) is 11.3. The number of non-ortho nitro benzene ring substituents is 1. The summed E-state index contributed by atoms with van der Waals surface area (Å²) in [7, 11) is 0. The Morgan fingerprint density at radius 2 is 1.67 bits per heavy atom. The number of Topliss-reactive ketones (excluding diaryl/α,β-unsaturated/α-hetero) is 1. The van der Waals surface area contributed by atoms with Crippen molar-refractivity contribution in [2.24, 2.45) is 5.92 Å². The van der Waals surface area contributed by atoms with Crippen LogP contribution < -0.4 is 4.90 Å².